The van der Waals surface area contributed by atoms with E-state index in [1.807, 2.05) is 6.92 Å². The second-order valence-corrected chi connectivity index (χ2v) is 4.58. The Morgan fingerprint density at radius 3 is 2.47 bits per heavy atom. The van der Waals surface area contributed by atoms with Gasteiger partial charge in [-0.1, -0.05) is 19.8 Å². The molecule has 1 unspecified atom stereocenters. The number of nitrogens with one attached hydrogen (secondary N) is 2. The first kappa shape index (κ1) is 17.9. The predicted octanol–water partition coefficient (Wildman–Crippen LogP) is 1.61. The van der Waals surface area contributed by atoms with E-state index in [9.17, 15) is 9.59 Å². The van der Waals surface area contributed by atoms with Gasteiger partial charge >= 0.3 is 5.97 Å². The molecule has 0 spiro atoms. The Morgan fingerprint density at radius 1 is 1.11 bits per heavy atom. The average Bonchev–Trinajstić information content (AvgIpc) is 2.39. The molecule has 0 radical (unpaired) electrons. The van der Waals surface area contributed by atoms with Crippen molar-refractivity contribution in [3.8, 4) is 0 Å². The lowest BCUT2D eigenvalue weighted by Gasteiger charge is -2.13. The number of rotatable bonds is 11. The Balaban J connectivity index is 3.53. The van der Waals surface area contributed by atoms with Gasteiger partial charge in [-0.3, -0.25) is 9.59 Å². The van der Waals surface area contributed by atoms with Gasteiger partial charge in [0.1, 0.15) is 0 Å². The molecule has 0 aliphatic rings. The average molecular weight is 272 g/mol. The van der Waals surface area contributed by atoms with Crippen molar-refractivity contribution in [3.63, 3.8) is 0 Å². The lowest BCUT2D eigenvalue weighted by Crippen LogP contribution is -2.42. The molecule has 0 rings (SSSR count). The predicted molar refractivity (Wildman–Crippen MR) is 75.9 cm³/mol. The molecule has 0 aromatic heterocycles. The number of amides is 1. The lowest BCUT2D eigenvalue weighted by molar-refractivity contribution is -0.143. The summed E-state index contributed by atoms with van der Waals surface area (Å²) in [5.74, 6) is -0.159. The Bertz CT molecular complexity index is 257. The van der Waals surface area contributed by atoms with Crippen LogP contribution in [0.1, 0.15) is 52.9 Å². The van der Waals surface area contributed by atoms with Crippen LogP contribution in [0.2, 0.25) is 0 Å². The van der Waals surface area contributed by atoms with E-state index in [2.05, 4.69) is 17.6 Å². The maximum Gasteiger partial charge on any atom is 0.305 e. The zero-order chi connectivity index (χ0) is 14.5. The number of carbonyl (C=O) groups excluding carboxylic acids is 2. The van der Waals surface area contributed by atoms with Gasteiger partial charge in [0, 0.05) is 13.0 Å². The van der Waals surface area contributed by atoms with E-state index in [-0.39, 0.29) is 17.9 Å². The van der Waals surface area contributed by atoms with Crippen molar-refractivity contribution < 1.29 is 14.3 Å². The minimum atomic E-state index is -0.219. The van der Waals surface area contributed by atoms with Crippen LogP contribution in [0.5, 0.6) is 0 Å². The fourth-order valence-corrected chi connectivity index (χ4v) is 1.62. The van der Waals surface area contributed by atoms with E-state index in [4.69, 9.17) is 4.74 Å². The summed E-state index contributed by atoms with van der Waals surface area (Å²) in [6, 6.07) is -0.219. The first-order valence-electron chi connectivity index (χ1n) is 7.28. The Morgan fingerprint density at radius 2 is 1.84 bits per heavy atom. The Hall–Kier alpha value is -1.10. The molecule has 0 aliphatic carbocycles. The smallest absolute Gasteiger partial charge is 0.305 e. The zero-order valence-corrected chi connectivity index (χ0v) is 12.5. The third-order valence-electron chi connectivity index (χ3n) is 2.79. The van der Waals surface area contributed by atoms with Crippen LogP contribution in [-0.4, -0.2) is 37.6 Å². The van der Waals surface area contributed by atoms with Crippen LogP contribution < -0.4 is 10.6 Å². The normalized spacial score (nSPS) is 11.9. The maximum atomic E-state index is 11.7. The Kier molecular flexibility index (Phi) is 11.3. The highest BCUT2D eigenvalue weighted by molar-refractivity contribution is 5.81. The summed E-state index contributed by atoms with van der Waals surface area (Å²) in [4.78, 5) is 22.8. The minimum absolute atomic E-state index is 0.0206. The van der Waals surface area contributed by atoms with E-state index in [0.717, 1.165) is 25.8 Å². The van der Waals surface area contributed by atoms with Crippen molar-refractivity contribution >= 4 is 11.9 Å². The third-order valence-corrected chi connectivity index (χ3v) is 2.79. The van der Waals surface area contributed by atoms with Crippen molar-refractivity contribution in [2.75, 3.05) is 19.7 Å². The molecule has 5 heteroatoms. The van der Waals surface area contributed by atoms with Crippen molar-refractivity contribution in [2.45, 2.75) is 58.9 Å². The molecule has 19 heavy (non-hydrogen) atoms. The van der Waals surface area contributed by atoms with Crippen LogP contribution in [0.3, 0.4) is 0 Å². The van der Waals surface area contributed by atoms with Gasteiger partial charge in [-0.2, -0.15) is 0 Å². The van der Waals surface area contributed by atoms with Gasteiger partial charge in [-0.05, 0) is 33.2 Å². The molecule has 0 saturated carbocycles. The molecule has 0 aliphatic heterocycles. The van der Waals surface area contributed by atoms with Crippen LogP contribution >= 0.6 is 0 Å². The first-order chi connectivity index (χ1) is 9.11. The number of hydrogen-bond acceptors (Lipinski definition) is 4. The van der Waals surface area contributed by atoms with Gasteiger partial charge in [-0.15, -0.1) is 0 Å². The number of ether oxygens (including phenoxy) is 1. The van der Waals surface area contributed by atoms with Crippen LogP contribution in [-0.2, 0) is 14.3 Å². The summed E-state index contributed by atoms with van der Waals surface area (Å²) < 4.78 is 4.83. The molecule has 1 atom stereocenters. The molecule has 1 amide bonds. The van der Waals surface area contributed by atoms with Gasteiger partial charge < -0.3 is 15.4 Å². The summed E-state index contributed by atoms with van der Waals surface area (Å²) in [7, 11) is 0. The standard InChI is InChI=1S/C14H28N2O3/c1-4-6-7-10-16-14(18)12(3)15-11-8-9-13(17)19-5-2/h12,15H,4-11H2,1-3H3,(H,16,18). The summed E-state index contributed by atoms with van der Waals surface area (Å²) in [5.41, 5.74) is 0. The molecule has 0 bridgehead atoms. The summed E-state index contributed by atoms with van der Waals surface area (Å²) in [6.07, 6.45) is 4.40. The molecule has 2 N–H and O–H groups in total. The molecule has 112 valence electrons. The highest BCUT2D eigenvalue weighted by atomic mass is 16.5. The highest BCUT2D eigenvalue weighted by Crippen LogP contribution is 1.94. The van der Waals surface area contributed by atoms with E-state index in [0.29, 0.717) is 26.0 Å². The molecular weight excluding hydrogens is 244 g/mol. The SMILES string of the molecule is CCCCCNC(=O)C(C)NCCCC(=O)OCC. The summed E-state index contributed by atoms with van der Waals surface area (Å²) >= 11 is 0. The minimum Gasteiger partial charge on any atom is -0.466 e. The monoisotopic (exact) mass is 272 g/mol. The third kappa shape index (κ3) is 10.5. The zero-order valence-electron chi connectivity index (χ0n) is 12.5. The van der Waals surface area contributed by atoms with Gasteiger partial charge in [-0.25, -0.2) is 0 Å². The Labute approximate surface area is 116 Å². The fraction of sp³-hybridized carbons (Fsp3) is 0.857. The van der Waals surface area contributed by atoms with Crippen molar-refractivity contribution in [1.29, 1.82) is 0 Å². The number of esters is 1. The largest absolute Gasteiger partial charge is 0.466 e. The second kappa shape index (κ2) is 12.0. The van der Waals surface area contributed by atoms with Crippen LogP contribution in [0.15, 0.2) is 0 Å². The molecule has 0 aromatic rings. The highest BCUT2D eigenvalue weighted by Gasteiger charge is 2.11. The quantitative estimate of drug-likeness (QED) is 0.443. The first-order valence-corrected chi connectivity index (χ1v) is 7.28. The van der Waals surface area contributed by atoms with Crippen molar-refractivity contribution in [2.24, 2.45) is 0 Å². The molecular formula is C14H28N2O3. The molecule has 5 nitrogen and oxygen atoms in total. The van der Waals surface area contributed by atoms with Crippen molar-refractivity contribution in [1.82, 2.24) is 10.6 Å². The molecule has 0 saturated heterocycles. The lowest BCUT2D eigenvalue weighted by atomic mass is 10.2. The topological polar surface area (TPSA) is 67.4 Å². The van der Waals surface area contributed by atoms with E-state index < -0.39 is 0 Å². The van der Waals surface area contributed by atoms with Gasteiger partial charge in [0.2, 0.25) is 5.91 Å². The molecule has 0 heterocycles. The van der Waals surface area contributed by atoms with E-state index in [1.165, 1.54) is 0 Å². The molecule has 0 aromatic carbocycles. The number of carbonyl (C=O) groups is 2. The van der Waals surface area contributed by atoms with Crippen LogP contribution in [0.25, 0.3) is 0 Å². The van der Waals surface area contributed by atoms with E-state index in [1.54, 1.807) is 6.92 Å². The summed E-state index contributed by atoms with van der Waals surface area (Å²) in [5, 5.41) is 6.00. The van der Waals surface area contributed by atoms with Gasteiger partial charge in [0.05, 0.1) is 12.6 Å². The van der Waals surface area contributed by atoms with Crippen molar-refractivity contribution in [3.05, 3.63) is 0 Å². The van der Waals surface area contributed by atoms with Gasteiger partial charge in [0.25, 0.3) is 0 Å². The van der Waals surface area contributed by atoms with E-state index >= 15 is 0 Å². The molecule has 0 fully saturated rings. The fourth-order valence-electron chi connectivity index (χ4n) is 1.62. The number of hydrogen-bond donors (Lipinski definition) is 2. The second-order valence-electron chi connectivity index (χ2n) is 4.58. The summed E-state index contributed by atoms with van der Waals surface area (Å²) in [6.45, 7) is 7.56. The van der Waals surface area contributed by atoms with Gasteiger partial charge in [0.15, 0.2) is 0 Å². The van der Waals surface area contributed by atoms with Crippen LogP contribution in [0.4, 0.5) is 0 Å². The number of unbranched alkanes of at least 4 members (excludes halogenated alkanes) is 2. The maximum absolute atomic E-state index is 11.7. The van der Waals surface area contributed by atoms with Crippen LogP contribution in [0, 0.1) is 0 Å².